The maximum atomic E-state index is 10.4. The zero-order valence-corrected chi connectivity index (χ0v) is 5.37. The van der Waals surface area contributed by atoms with Crippen LogP contribution in [0.5, 0.6) is 0 Å². The average molecular weight is 126 g/mol. The van der Waals surface area contributed by atoms with Crippen molar-refractivity contribution in [3.05, 3.63) is 32.6 Å². The summed E-state index contributed by atoms with van der Waals surface area (Å²) in [7, 11) is 0. The van der Waals surface area contributed by atoms with Crippen LogP contribution in [0.25, 0.3) is 0 Å². The second-order valence-corrected chi connectivity index (χ2v) is 2.51. The van der Waals surface area contributed by atoms with Crippen LogP contribution in [0.3, 0.4) is 0 Å². The van der Waals surface area contributed by atoms with Gasteiger partial charge in [0.2, 0.25) is 4.74 Å². The van der Waals surface area contributed by atoms with Gasteiger partial charge in [-0.3, -0.25) is 4.79 Å². The molecule has 0 atom stereocenters. The first-order chi connectivity index (χ1) is 3.79. The van der Waals surface area contributed by atoms with E-state index >= 15 is 0 Å². The van der Waals surface area contributed by atoms with E-state index in [9.17, 15) is 4.79 Å². The Morgan fingerprint density at radius 2 is 2.25 bits per heavy atom. The van der Waals surface area contributed by atoms with Gasteiger partial charge in [-0.2, -0.15) is 0 Å². The molecule has 0 aliphatic heterocycles. The molecule has 0 amide bonds. The van der Waals surface area contributed by atoms with E-state index in [-0.39, 0.29) is 4.74 Å². The van der Waals surface area contributed by atoms with E-state index in [1.54, 1.807) is 6.07 Å². The molecule has 1 rings (SSSR count). The molecule has 0 aromatic carbocycles. The number of aryl methyl sites for hydroxylation is 1. The molecule has 0 spiro atoms. The van der Waals surface area contributed by atoms with Crippen molar-refractivity contribution in [2.24, 2.45) is 0 Å². The van der Waals surface area contributed by atoms with E-state index in [2.05, 4.69) is 0 Å². The molecule has 2 heteroatoms. The predicted molar refractivity (Wildman–Crippen MR) is 35.3 cm³/mol. The van der Waals surface area contributed by atoms with Gasteiger partial charge in [0.25, 0.3) is 0 Å². The van der Waals surface area contributed by atoms with Crippen molar-refractivity contribution in [3.8, 4) is 0 Å². The van der Waals surface area contributed by atoms with Crippen LogP contribution in [-0.2, 0) is 0 Å². The van der Waals surface area contributed by atoms with Gasteiger partial charge in [0, 0.05) is 0 Å². The highest BCUT2D eigenvalue weighted by molar-refractivity contribution is 7.07. The summed E-state index contributed by atoms with van der Waals surface area (Å²) in [5.74, 6) is 0. The molecule has 1 nitrogen and oxygen atoms in total. The molecular formula is C6H6OS. The van der Waals surface area contributed by atoms with Gasteiger partial charge in [-0.05, 0) is 23.9 Å². The van der Waals surface area contributed by atoms with E-state index < -0.39 is 0 Å². The van der Waals surface area contributed by atoms with E-state index in [0.717, 1.165) is 5.56 Å². The van der Waals surface area contributed by atoms with Crippen molar-refractivity contribution < 1.29 is 0 Å². The Kier molecular flexibility index (Phi) is 1.44. The molecule has 8 heavy (non-hydrogen) atoms. The fourth-order valence-electron chi connectivity index (χ4n) is 0.429. The average Bonchev–Trinajstić information content (AvgIpc) is 1.77. The minimum Gasteiger partial charge on any atom is -0.278 e. The largest absolute Gasteiger partial charge is 0.278 e. The highest BCUT2D eigenvalue weighted by Gasteiger charge is 1.80. The van der Waals surface area contributed by atoms with Gasteiger partial charge in [-0.1, -0.05) is 6.07 Å². The first kappa shape index (κ1) is 5.51. The van der Waals surface area contributed by atoms with Gasteiger partial charge in [-0.15, -0.1) is 11.3 Å². The maximum Gasteiger partial charge on any atom is 0.232 e. The molecule has 0 unspecified atom stereocenters. The summed E-state index contributed by atoms with van der Waals surface area (Å²) < 4.78 is 0.121. The molecule has 0 aliphatic carbocycles. The third kappa shape index (κ3) is 1.17. The van der Waals surface area contributed by atoms with Crippen molar-refractivity contribution in [2.75, 3.05) is 0 Å². The lowest BCUT2D eigenvalue weighted by atomic mass is 10.4. The minimum atomic E-state index is 0.121. The summed E-state index contributed by atoms with van der Waals surface area (Å²) in [5, 5.41) is 1.85. The van der Waals surface area contributed by atoms with Gasteiger partial charge >= 0.3 is 0 Å². The molecule has 0 radical (unpaired) electrons. The second kappa shape index (κ2) is 2.09. The lowest BCUT2D eigenvalue weighted by Crippen LogP contribution is -1.87. The van der Waals surface area contributed by atoms with Crippen LogP contribution in [0, 0.1) is 6.92 Å². The Morgan fingerprint density at radius 1 is 1.50 bits per heavy atom. The molecule has 42 valence electrons. The molecule has 1 aromatic heterocycles. The standard InChI is InChI=1S/C6H6OS/c1-5-2-3-6(7)8-4-5/h2-4H,1H3. The van der Waals surface area contributed by atoms with E-state index in [4.69, 9.17) is 0 Å². The van der Waals surface area contributed by atoms with Crippen LogP contribution >= 0.6 is 11.3 Å². The van der Waals surface area contributed by atoms with E-state index in [1.165, 1.54) is 11.3 Å². The first-order valence-corrected chi connectivity index (χ1v) is 3.22. The van der Waals surface area contributed by atoms with Crippen LogP contribution in [0.2, 0.25) is 0 Å². The number of hydrogen-bond acceptors (Lipinski definition) is 2. The Balaban J connectivity index is 3.22. The fourth-order valence-corrected chi connectivity index (χ4v) is 0.956. The summed E-state index contributed by atoms with van der Waals surface area (Å²) in [6, 6.07) is 3.40. The molecule has 0 saturated heterocycles. The molecule has 0 aliphatic rings. The van der Waals surface area contributed by atoms with Gasteiger partial charge < -0.3 is 0 Å². The topological polar surface area (TPSA) is 17.1 Å². The predicted octanol–water partition coefficient (Wildman–Crippen LogP) is 1.42. The Hall–Kier alpha value is -0.630. The summed E-state index contributed by atoms with van der Waals surface area (Å²) in [6.07, 6.45) is 0. The van der Waals surface area contributed by atoms with Crippen LogP contribution in [-0.4, -0.2) is 0 Å². The number of rotatable bonds is 0. The lowest BCUT2D eigenvalue weighted by molar-refractivity contribution is 1.52. The normalized spacial score (nSPS) is 9.12. The maximum absolute atomic E-state index is 10.4. The van der Waals surface area contributed by atoms with Gasteiger partial charge in [0.05, 0.1) is 0 Å². The van der Waals surface area contributed by atoms with Crippen LogP contribution < -0.4 is 4.74 Å². The quantitative estimate of drug-likeness (QED) is 0.513. The smallest absolute Gasteiger partial charge is 0.232 e. The second-order valence-electron chi connectivity index (χ2n) is 1.63. The zero-order chi connectivity index (χ0) is 5.98. The van der Waals surface area contributed by atoms with Crippen molar-refractivity contribution in [2.45, 2.75) is 6.92 Å². The van der Waals surface area contributed by atoms with Gasteiger partial charge in [-0.25, -0.2) is 0 Å². The Labute approximate surface area is 51.6 Å². The third-order valence-corrected chi connectivity index (χ3v) is 1.70. The SMILES string of the molecule is Cc1ccc(=O)sc1. The van der Waals surface area contributed by atoms with E-state index in [1.807, 2.05) is 18.4 Å². The molecule has 1 heterocycles. The Morgan fingerprint density at radius 3 is 2.62 bits per heavy atom. The molecule has 0 bridgehead atoms. The highest BCUT2D eigenvalue weighted by Crippen LogP contribution is 1.93. The van der Waals surface area contributed by atoms with Crippen molar-refractivity contribution in [1.82, 2.24) is 0 Å². The molecule has 0 N–H and O–H groups in total. The zero-order valence-electron chi connectivity index (χ0n) is 4.55. The molecule has 0 saturated carbocycles. The summed E-state index contributed by atoms with van der Waals surface area (Å²) in [4.78, 5) is 10.4. The molecular weight excluding hydrogens is 120 g/mol. The monoisotopic (exact) mass is 126 g/mol. The Bertz CT molecular complexity index is 206. The summed E-state index contributed by atoms with van der Waals surface area (Å²) >= 11 is 1.24. The van der Waals surface area contributed by atoms with E-state index in [0.29, 0.717) is 0 Å². The first-order valence-electron chi connectivity index (χ1n) is 2.34. The number of hydrogen-bond donors (Lipinski definition) is 0. The third-order valence-electron chi connectivity index (χ3n) is 0.843. The van der Waals surface area contributed by atoms with Crippen molar-refractivity contribution in [1.29, 1.82) is 0 Å². The van der Waals surface area contributed by atoms with Crippen molar-refractivity contribution >= 4 is 11.3 Å². The van der Waals surface area contributed by atoms with Crippen LogP contribution in [0.15, 0.2) is 22.3 Å². The molecule has 1 aromatic rings. The molecule has 0 fully saturated rings. The highest BCUT2D eigenvalue weighted by atomic mass is 32.1. The minimum absolute atomic E-state index is 0.121. The van der Waals surface area contributed by atoms with Crippen LogP contribution in [0.4, 0.5) is 0 Å². The van der Waals surface area contributed by atoms with Gasteiger partial charge in [0.15, 0.2) is 0 Å². The summed E-state index contributed by atoms with van der Waals surface area (Å²) in [5.41, 5.74) is 1.15. The van der Waals surface area contributed by atoms with Crippen LogP contribution in [0.1, 0.15) is 5.56 Å². The van der Waals surface area contributed by atoms with Crippen molar-refractivity contribution in [3.63, 3.8) is 0 Å². The fraction of sp³-hybridized carbons (Fsp3) is 0.167. The summed E-state index contributed by atoms with van der Waals surface area (Å²) in [6.45, 7) is 1.97. The lowest BCUT2D eigenvalue weighted by Gasteiger charge is -1.81. The van der Waals surface area contributed by atoms with Gasteiger partial charge in [0.1, 0.15) is 0 Å².